The molecule has 0 fully saturated rings. The third kappa shape index (κ3) is 3.32. The number of hydrogen-bond donors (Lipinski definition) is 3. The van der Waals surface area contributed by atoms with Crippen LogP contribution in [0.3, 0.4) is 0 Å². The van der Waals surface area contributed by atoms with Crippen molar-refractivity contribution in [3.8, 4) is 28.5 Å². The second-order valence-electron chi connectivity index (χ2n) is 6.02. The Balaban J connectivity index is 2.33. The van der Waals surface area contributed by atoms with Crippen LogP contribution in [0.1, 0.15) is 15.9 Å². The highest BCUT2D eigenvalue weighted by Crippen LogP contribution is 2.42. The highest BCUT2D eigenvalue weighted by atomic mass is 16.5. The molecule has 0 aliphatic carbocycles. The van der Waals surface area contributed by atoms with Crippen molar-refractivity contribution in [1.29, 1.82) is 0 Å². The van der Waals surface area contributed by atoms with Gasteiger partial charge in [0.15, 0.2) is 11.5 Å². The van der Waals surface area contributed by atoms with Gasteiger partial charge < -0.3 is 29.4 Å². The largest absolute Gasteiger partial charge is 0.496 e. The van der Waals surface area contributed by atoms with E-state index < -0.39 is 11.9 Å². The number of H-pyrrole nitrogens is 1. The minimum absolute atomic E-state index is 0.0731. The monoisotopic (exact) mass is 385 g/mol. The van der Waals surface area contributed by atoms with Crippen LogP contribution in [0.4, 0.5) is 0 Å². The van der Waals surface area contributed by atoms with E-state index >= 15 is 0 Å². The van der Waals surface area contributed by atoms with Crippen LogP contribution in [-0.4, -0.2) is 48.5 Å². The number of aliphatic carboxylic acids is 1. The molecule has 28 heavy (non-hydrogen) atoms. The Kier molecular flexibility index (Phi) is 5.12. The molecule has 0 unspecified atom stereocenters. The van der Waals surface area contributed by atoms with Crippen molar-refractivity contribution >= 4 is 22.8 Å². The summed E-state index contributed by atoms with van der Waals surface area (Å²) in [5.74, 6) is -0.761. The van der Waals surface area contributed by atoms with Crippen molar-refractivity contribution in [2.45, 2.75) is 6.42 Å². The number of benzene rings is 2. The third-order valence-corrected chi connectivity index (χ3v) is 4.46. The highest BCUT2D eigenvalue weighted by molar-refractivity contribution is 5.99. The summed E-state index contributed by atoms with van der Waals surface area (Å²) in [7, 11) is 4.49. The Morgan fingerprint density at radius 1 is 0.929 bits per heavy atom. The fraction of sp³-hybridized carbons (Fsp3) is 0.200. The lowest BCUT2D eigenvalue weighted by Gasteiger charge is -2.14. The zero-order valence-electron chi connectivity index (χ0n) is 15.5. The van der Waals surface area contributed by atoms with Gasteiger partial charge in [0.25, 0.3) is 0 Å². The number of aromatic carboxylic acids is 1. The van der Waals surface area contributed by atoms with Gasteiger partial charge in [0.05, 0.1) is 39.0 Å². The fourth-order valence-corrected chi connectivity index (χ4v) is 3.17. The lowest BCUT2D eigenvalue weighted by molar-refractivity contribution is -0.136. The molecule has 2 aromatic carbocycles. The summed E-state index contributed by atoms with van der Waals surface area (Å²) in [4.78, 5) is 26.0. The average molecular weight is 385 g/mol. The molecule has 146 valence electrons. The van der Waals surface area contributed by atoms with Gasteiger partial charge in [-0.2, -0.15) is 0 Å². The van der Waals surface area contributed by atoms with E-state index in [-0.39, 0.29) is 12.0 Å². The molecule has 8 nitrogen and oxygen atoms in total. The zero-order chi connectivity index (χ0) is 20.4. The van der Waals surface area contributed by atoms with E-state index in [1.165, 1.54) is 33.5 Å². The van der Waals surface area contributed by atoms with Crippen LogP contribution in [0.25, 0.3) is 22.2 Å². The number of fused-ring (bicyclic) bond motifs is 1. The van der Waals surface area contributed by atoms with Crippen molar-refractivity contribution < 1.29 is 34.0 Å². The van der Waals surface area contributed by atoms with E-state index in [2.05, 4.69) is 4.98 Å². The van der Waals surface area contributed by atoms with E-state index in [1.807, 2.05) is 0 Å². The van der Waals surface area contributed by atoms with Crippen molar-refractivity contribution in [2.24, 2.45) is 0 Å². The maximum atomic E-state index is 11.5. The maximum absolute atomic E-state index is 11.5. The van der Waals surface area contributed by atoms with E-state index in [0.29, 0.717) is 45.0 Å². The van der Waals surface area contributed by atoms with Crippen molar-refractivity contribution in [3.63, 3.8) is 0 Å². The highest BCUT2D eigenvalue weighted by Gasteiger charge is 2.22. The lowest BCUT2D eigenvalue weighted by Crippen LogP contribution is -2.02. The summed E-state index contributed by atoms with van der Waals surface area (Å²) in [6, 6.07) is 7.87. The van der Waals surface area contributed by atoms with Crippen LogP contribution in [0.2, 0.25) is 0 Å². The number of ether oxygens (including phenoxy) is 3. The van der Waals surface area contributed by atoms with Crippen LogP contribution >= 0.6 is 0 Å². The van der Waals surface area contributed by atoms with Gasteiger partial charge in [-0.3, -0.25) is 4.79 Å². The Morgan fingerprint density at radius 2 is 1.57 bits per heavy atom. The number of aromatic amines is 1. The number of nitrogens with one attached hydrogen (secondary N) is 1. The lowest BCUT2D eigenvalue weighted by atomic mass is 10.0. The average Bonchev–Trinajstić information content (AvgIpc) is 3.03. The van der Waals surface area contributed by atoms with Gasteiger partial charge in [-0.25, -0.2) is 4.79 Å². The standard InChI is InChI=1S/C20H19NO7/c1-26-15-9-17(28-3)16(27-2)7-13(15)19-12(8-18(22)23)11-6-10(20(24)25)4-5-14(11)21-19/h4-7,9,21H,8H2,1-3H3,(H,22,23)(H,24,25). The molecule has 0 bridgehead atoms. The number of aromatic nitrogens is 1. The minimum atomic E-state index is -1.09. The minimum Gasteiger partial charge on any atom is -0.496 e. The van der Waals surface area contributed by atoms with Gasteiger partial charge in [0.2, 0.25) is 0 Å². The maximum Gasteiger partial charge on any atom is 0.335 e. The van der Waals surface area contributed by atoms with Gasteiger partial charge >= 0.3 is 11.9 Å². The smallest absolute Gasteiger partial charge is 0.335 e. The molecular weight excluding hydrogens is 366 g/mol. The van der Waals surface area contributed by atoms with E-state index in [4.69, 9.17) is 14.2 Å². The number of rotatable bonds is 7. The van der Waals surface area contributed by atoms with Gasteiger partial charge in [0.1, 0.15) is 5.75 Å². The first kappa shape index (κ1) is 19.1. The molecule has 1 heterocycles. The number of methoxy groups -OCH3 is 3. The first-order chi connectivity index (χ1) is 13.4. The molecule has 1 aromatic heterocycles. The number of carboxylic acid groups (broad SMARTS) is 2. The molecule has 3 aromatic rings. The van der Waals surface area contributed by atoms with E-state index in [0.717, 1.165) is 0 Å². The van der Waals surface area contributed by atoms with Gasteiger partial charge in [-0.05, 0) is 29.8 Å². The topological polar surface area (TPSA) is 118 Å². The summed E-state index contributed by atoms with van der Waals surface area (Å²) < 4.78 is 16.1. The van der Waals surface area contributed by atoms with E-state index in [1.54, 1.807) is 18.2 Å². The molecule has 0 spiro atoms. The van der Waals surface area contributed by atoms with Crippen molar-refractivity contribution in [1.82, 2.24) is 4.98 Å². The normalized spacial score (nSPS) is 10.7. The molecule has 0 saturated carbocycles. The number of carboxylic acids is 2. The molecule has 0 saturated heterocycles. The Morgan fingerprint density at radius 3 is 2.14 bits per heavy atom. The molecule has 0 amide bonds. The van der Waals surface area contributed by atoms with Crippen LogP contribution in [0.15, 0.2) is 30.3 Å². The molecule has 0 aliphatic heterocycles. The van der Waals surface area contributed by atoms with Crippen LogP contribution in [0, 0.1) is 0 Å². The number of hydrogen-bond acceptors (Lipinski definition) is 5. The first-order valence-corrected chi connectivity index (χ1v) is 8.29. The van der Waals surface area contributed by atoms with Crippen LogP contribution in [-0.2, 0) is 11.2 Å². The third-order valence-electron chi connectivity index (χ3n) is 4.46. The quantitative estimate of drug-likeness (QED) is 0.571. The van der Waals surface area contributed by atoms with Gasteiger partial charge in [-0.1, -0.05) is 0 Å². The Hall–Kier alpha value is -3.68. The summed E-state index contributed by atoms with van der Waals surface area (Å²) in [6.45, 7) is 0. The summed E-state index contributed by atoms with van der Waals surface area (Å²) in [5.41, 5.74) is 2.23. The molecule has 3 N–H and O–H groups in total. The predicted octanol–water partition coefficient (Wildman–Crippen LogP) is 3.19. The summed E-state index contributed by atoms with van der Waals surface area (Å²) in [6.07, 6.45) is -0.296. The predicted molar refractivity (Wildman–Crippen MR) is 102 cm³/mol. The number of carbonyl (C=O) groups is 2. The van der Waals surface area contributed by atoms with E-state index in [9.17, 15) is 19.8 Å². The van der Waals surface area contributed by atoms with Crippen molar-refractivity contribution in [2.75, 3.05) is 21.3 Å². The molecule has 0 aliphatic rings. The second-order valence-corrected chi connectivity index (χ2v) is 6.02. The van der Waals surface area contributed by atoms with Crippen molar-refractivity contribution in [3.05, 3.63) is 41.5 Å². The SMILES string of the molecule is COc1cc(OC)c(-c2[nH]c3ccc(C(=O)O)cc3c2CC(=O)O)cc1OC. The summed E-state index contributed by atoms with van der Waals surface area (Å²) in [5, 5.41) is 19.2. The zero-order valence-corrected chi connectivity index (χ0v) is 15.5. The Bertz CT molecular complexity index is 1070. The van der Waals surface area contributed by atoms with Crippen LogP contribution < -0.4 is 14.2 Å². The molecular formula is C20H19NO7. The van der Waals surface area contributed by atoms with Gasteiger partial charge in [0, 0.05) is 22.5 Å². The fourth-order valence-electron chi connectivity index (χ4n) is 3.17. The van der Waals surface area contributed by atoms with Gasteiger partial charge in [-0.15, -0.1) is 0 Å². The van der Waals surface area contributed by atoms with Crippen LogP contribution in [0.5, 0.6) is 17.2 Å². The molecule has 8 heteroatoms. The Labute approximate surface area is 160 Å². The first-order valence-electron chi connectivity index (χ1n) is 8.29. The molecule has 3 rings (SSSR count). The second kappa shape index (κ2) is 7.51. The molecule has 0 radical (unpaired) electrons. The summed E-state index contributed by atoms with van der Waals surface area (Å²) >= 11 is 0. The molecule has 0 atom stereocenters.